The lowest BCUT2D eigenvalue weighted by Crippen LogP contribution is -2.44. The van der Waals surface area contributed by atoms with Gasteiger partial charge in [0.1, 0.15) is 5.82 Å². The number of thioether (sulfide) groups is 1. The van der Waals surface area contributed by atoms with Gasteiger partial charge < -0.3 is 9.47 Å². The van der Waals surface area contributed by atoms with E-state index in [9.17, 15) is 0 Å². The van der Waals surface area contributed by atoms with Crippen LogP contribution >= 0.6 is 11.8 Å². The summed E-state index contributed by atoms with van der Waals surface area (Å²) in [6, 6.07) is 6.80. The number of fused-ring (bicyclic) bond motifs is 1. The monoisotopic (exact) mass is 360 g/mol. The van der Waals surface area contributed by atoms with Gasteiger partial charge >= 0.3 is 0 Å². The Morgan fingerprint density at radius 2 is 1.88 bits per heavy atom. The first-order chi connectivity index (χ1) is 12.2. The smallest absolute Gasteiger partial charge is 0.124 e. The summed E-state index contributed by atoms with van der Waals surface area (Å²) >= 11 is 1.96. The topological polar surface area (TPSA) is 24.3 Å². The highest BCUT2D eigenvalue weighted by molar-refractivity contribution is 7.99. The molecule has 3 rings (SSSR count). The average molecular weight is 361 g/mol. The minimum atomic E-state index is 0.976. The van der Waals surface area contributed by atoms with Crippen LogP contribution in [0.15, 0.2) is 23.1 Å². The number of unbranched alkanes of at least 4 members (excludes halogenated alkanes) is 1. The van der Waals surface area contributed by atoms with Gasteiger partial charge in [0.05, 0.1) is 17.6 Å². The fourth-order valence-electron chi connectivity index (χ4n) is 3.35. The number of aromatic nitrogens is 2. The van der Waals surface area contributed by atoms with Gasteiger partial charge in [-0.3, -0.25) is 4.90 Å². The van der Waals surface area contributed by atoms with Crippen LogP contribution in [0, 0.1) is 0 Å². The second-order valence-corrected chi connectivity index (χ2v) is 8.28. The molecule has 25 heavy (non-hydrogen) atoms. The molecule has 0 aliphatic carbocycles. The van der Waals surface area contributed by atoms with Gasteiger partial charge in [0, 0.05) is 37.6 Å². The van der Waals surface area contributed by atoms with E-state index in [1.807, 2.05) is 11.8 Å². The first-order valence-electron chi connectivity index (χ1n) is 9.74. The van der Waals surface area contributed by atoms with E-state index in [1.54, 1.807) is 0 Å². The molecule has 0 bridgehead atoms. The first kappa shape index (κ1) is 18.7. The maximum Gasteiger partial charge on any atom is 0.124 e. The third kappa shape index (κ3) is 4.78. The Hall–Kier alpha value is -1.04. The van der Waals surface area contributed by atoms with Crippen LogP contribution < -0.4 is 0 Å². The summed E-state index contributed by atoms with van der Waals surface area (Å²) in [5.41, 5.74) is 2.47. The molecule has 0 amide bonds. The molecule has 4 nitrogen and oxygen atoms in total. The second-order valence-electron chi connectivity index (χ2n) is 7.11. The van der Waals surface area contributed by atoms with Crippen LogP contribution in [0.2, 0.25) is 0 Å². The minimum absolute atomic E-state index is 0.976. The Morgan fingerprint density at radius 1 is 1.08 bits per heavy atom. The van der Waals surface area contributed by atoms with Crippen LogP contribution in [-0.2, 0) is 13.1 Å². The summed E-state index contributed by atoms with van der Waals surface area (Å²) in [6.45, 7) is 11.2. The lowest BCUT2D eigenvalue weighted by molar-refractivity contribution is 0.144. The zero-order valence-electron chi connectivity index (χ0n) is 16.0. The number of rotatable bonds is 8. The highest BCUT2D eigenvalue weighted by atomic mass is 32.2. The molecule has 5 heteroatoms. The Bertz CT molecular complexity index is 674. The van der Waals surface area contributed by atoms with E-state index in [0.717, 1.165) is 44.8 Å². The summed E-state index contributed by atoms with van der Waals surface area (Å²) < 4.78 is 2.48. The number of nitrogens with zero attached hydrogens (tertiary/aromatic N) is 4. The number of likely N-dealkylation sites (N-methyl/N-ethyl adjacent to an activating group) is 1. The average Bonchev–Trinajstić information content (AvgIpc) is 2.96. The Kier molecular flexibility index (Phi) is 6.79. The molecule has 0 N–H and O–H groups in total. The van der Waals surface area contributed by atoms with E-state index >= 15 is 0 Å². The maximum absolute atomic E-state index is 5.00. The summed E-state index contributed by atoms with van der Waals surface area (Å²) in [5.74, 6) is 2.42. The first-order valence-corrected chi connectivity index (χ1v) is 10.7. The number of hydrogen-bond acceptors (Lipinski definition) is 4. The predicted molar refractivity (Wildman–Crippen MR) is 108 cm³/mol. The van der Waals surface area contributed by atoms with Crippen molar-refractivity contribution in [2.24, 2.45) is 0 Å². The van der Waals surface area contributed by atoms with Crippen molar-refractivity contribution in [1.29, 1.82) is 0 Å². The van der Waals surface area contributed by atoms with Crippen molar-refractivity contribution in [2.75, 3.05) is 39.0 Å². The van der Waals surface area contributed by atoms with Crippen molar-refractivity contribution in [3.05, 3.63) is 24.0 Å². The molecule has 1 saturated heterocycles. The van der Waals surface area contributed by atoms with Crippen molar-refractivity contribution in [2.45, 2.75) is 51.1 Å². The number of hydrogen-bond donors (Lipinski definition) is 0. The number of benzene rings is 1. The molecule has 1 aliphatic heterocycles. The van der Waals surface area contributed by atoms with Gasteiger partial charge in [0.2, 0.25) is 0 Å². The molecule has 1 aromatic heterocycles. The molecule has 2 heterocycles. The van der Waals surface area contributed by atoms with E-state index in [1.165, 1.54) is 41.3 Å². The standard InChI is InChI=1S/C20H32N4S/c1-4-6-9-24-19-15-17(25-14-5-2)7-8-18(19)21-20(24)16-23-12-10-22(3)11-13-23/h7-8,15H,4-6,9-14,16H2,1-3H3. The van der Waals surface area contributed by atoms with Gasteiger partial charge in [-0.05, 0) is 43.8 Å². The van der Waals surface area contributed by atoms with Crippen LogP contribution in [-0.4, -0.2) is 58.3 Å². The molecule has 1 aromatic carbocycles. The highest BCUT2D eigenvalue weighted by Crippen LogP contribution is 2.26. The van der Waals surface area contributed by atoms with Crippen molar-refractivity contribution >= 4 is 22.8 Å². The maximum atomic E-state index is 5.00. The highest BCUT2D eigenvalue weighted by Gasteiger charge is 2.18. The van der Waals surface area contributed by atoms with Gasteiger partial charge in [-0.1, -0.05) is 20.3 Å². The van der Waals surface area contributed by atoms with E-state index in [-0.39, 0.29) is 0 Å². The molecule has 0 radical (unpaired) electrons. The summed E-state index contributed by atoms with van der Waals surface area (Å²) in [6.07, 6.45) is 3.65. The van der Waals surface area contributed by atoms with Gasteiger partial charge in [-0.15, -0.1) is 11.8 Å². The van der Waals surface area contributed by atoms with Crippen LogP contribution in [0.25, 0.3) is 11.0 Å². The fourth-order valence-corrected chi connectivity index (χ4v) is 4.15. The molecule has 0 saturated carbocycles. The van der Waals surface area contributed by atoms with Gasteiger partial charge in [-0.25, -0.2) is 4.98 Å². The molecule has 0 spiro atoms. The molecule has 1 aliphatic rings. The number of imidazole rings is 1. The van der Waals surface area contributed by atoms with Crippen LogP contribution in [0.4, 0.5) is 0 Å². The molecular weight excluding hydrogens is 328 g/mol. The Balaban J connectivity index is 1.84. The summed E-state index contributed by atoms with van der Waals surface area (Å²) in [5, 5.41) is 0. The van der Waals surface area contributed by atoms with Crippen molar-refractivity contribution in [1.82, 2.24) is 19.4 Å². The molecule has 1 fully saturated rings. The molecule has 2 aromatic rings. The largest absolute Gasteiger partial charge is 0.327 e. The second kappa shape index (κ2) is 9.06. The number of aryl methyl sites for hydroxylation is 1. The van der Waals surface area contributed by atoms with E-state index in [0.29, 0.717) is 0 Å². The van der Waals surface area contributed by atoms with Crippen LogP contribution in [0.5, 0.6) is 0 Å². The molecular formula is C20H32N4S. The van der Waals surface area contributed by atoms with Gasteiger partial charge in [-0.2, -0.15) is 0 Å². The third-order valence-electron chi connectivity index (χ3n) is 4.97. The van der Waals surface area contributed by atoms with E-state index in [4.69, 9.17) is 4.98 Å². The zero-order chi connectivity index (χ0) is 17.6. The van der Waals surface area contributed by atoms with E-state index < -0.39 is 0 Å². The predicted octanol–water partition coefficient (Wildman–Crippen LogP) is 4.09. The third-order valence-corrected chi connectivity index (χ3v) is 6.17. The SMILES string of the molecule is CCCCn1c(CN2CCN(C)CC2)nc2ccc(SCCC)cc21. The van der Waals surface area contributed by atoms with Crippen molar-refractivity contribution in [3.63, 3.8) is 0 Å². The normalized spacial score (nSPS) is 16.8. The molecule has 0 atom stereocenters. The zero-order valence-corrected chi connectivity index (χ0v) is 16.8. The Labute approximate surface area is 156 Å². The van der Waals surface area contributed by atoms with Crippen molar-refractivity contribution < 1.29 is 0 Å². The molecule has 138 valence electrons. The minimum Gasteiger partial charge on any atom is -0.327 e. The number of piperazine rings is 1. The van der Waals surface area contributed by atoms with Crippen LogP contribution in [0.1, 0.15) is 38.9 Å². The fraction of sp³-hybridized carbons (Fsp3) is 0.650. The van der Waals surface area contributed by atoms with Gasteiger partial charge in [0.25, 0.3) is 0 Å². The van der Waals surface area contributed by atoms with Crippen LogP contribution in [0.3, 0.4) is 0 Å². The van der Waals surface area contributed by atoms with Crippen molar-refractivity contribution in [3.8, 4) is 0 Å². The summed E-state index contributed by atoms with van der Waals surface area (Å²) in [4.78, 5) is 11.3. The summed E-state index contributed by atoms with van der Waals surface area (Å²) in [7, 11) is 2.21. The quantitative estimate of drug-likeness (QED) is 0.662. The Morgan fingerprint density at radius 3 is 2.60 bits per heavy atom. The molecule has 0 unspecified atom stereocenters. The lowest BCUT2D eigenvalue weighted by Gasteiger charge is -2.32. The van der Waals surface area contributed by atoms with E-state index in [2.05, 4.69) is 53.5 Å². The lowest BCUT2D eigenvalue weighted by atomic mass is 10.3. The van der Waals surface area contributed by atoms with Gasteiger partial charge in [0.15, 0.2) is 0 Å².